The topological polar surface area (TPSA) is 72.6 Å². The normalized spacial score (nSPS) is 15.8. The highest BCUT2D eigenvalue weighted by molar-refractivity contribution is 6.42. The Morgan fingerprint density at radius 1 is 1.32 bits per heavy atom. The van der Waals surface area contributed by atoms with Crippen LogP contribution in [-0.4, -0.2) is 23.3 Å². The molecule has 8 heteroatoms. The van der Waals surface area contributed by atoms with Crippen LogP contribution in [0.25, 0.3) is 11.3 Å². The minimum absolute atomic E-state index is 0.0671. The number of rotatable bonds is 4. The summed E-state index contributed by atoms with van der Waals surface area (Å²) in [4.78, 5) is 11.7. The lowest BCUT2D eigenvalue weighted by molar-refractivity contribution is 0.0491. The molecule has 0 saturated heterocycles. The van der Waals surface area contributed by atoms with E-state index in [9.17, 15) is 9.90 Å². The predicted molar refractivity (Wildman–Crippen MR) is 81.8 cm³/mol. The molecule has 0 aliphatic heterocycles. The highest BCUT2D eigenvalue weighted by atomic mass is 35.5. The third-order valence-corrected chi connectivity index (χ3v) is 4.47. The second-order valence-electron chi connectivity index (χ2n) is 4.98. The molecule has 3 rings (SSSR count). The lowest BCUT2D eigenvalue weighted by atomic mass is 10.0. The summed E-state index contributed by atoms with van der Waals surface area (Å²) in [6.45, 7) is 0. The van der Waals surface area contributed by atoms with Gasteiger partial charge >= 0.3 is 5.97 Å². The van der Waals surface area contributed by atoms with Gasteiger partial charge in [-0.3, -0.25) is 0 Å². The molecule has 0 bridgehead atoms. The quantitative estimate of drug-likeness (QED) is 0.858. The van der Waals surface area contributed by atoms with Gasteiger partial charge in [0, 0.05) is 17.7 Å². The van der Waals surface area contributed by atoms with Crippen molar-refractivity contribution in [1.82, 2.24) is 5.16 Å². The first-order chi connectivity index (χ1) is 10.4. The van der Waals surface area contributed by atoms with Crippen molar-refractivity contribution in [2.24, 2.45) is 0 Å². The zero-order valence-corrected chi connectivity index (χ0v) is 13.6. The van der Waals surface area contributed by atoms with Crippen molar-refractivity contribution in [1.29, 1.82) is 0 Å². The van der Waals surface area contributed by atoms with Crippen LogP contribution in [0.5, 0.6) is 0 Å². The molecule has 1 fully saturated rings. The summed E-state index contributed by atoms with van der Waals surface area (Å²) in [6.07, 6.45) is 1.33. The molecule has 22 heavy (non-hydrogen) atoms. The molecular weight excluding hydrogens is 353 g/mol. The number of nitrogens with zero attached hydrogens (tertiary/aromatic N) is 1. The van der Waals surface area contributed by atoms with Gasteiger partial charge in [0.1, 0.15) is 16.9 Å². The number of aromatic carboxylic acids is 1. The Bertz CT molecular complexity index is 744. The first-order valence-corrected chi connectivity index (χ1v) is 7.46. The zero-order chi connectivity index (χ0) is 16.1. The average Bonchev–Trinajstić information content (AvgIpc) is 3.11. The average molecular weight is 363 g/mol. The minimum atomic E-state index is -1.18. The van der Waals surface area contributed by atoms with Gasteiger partial charge in [0.15, 0.2) is 5.76 Å². The molecule has 0 unspecified atom stereocenters. The number of hydrogen-bond donors (Lipinski definition) is 1. The van der Waals surface area contributed by atoms with Crippen LogP contribution in [0.3, 0.4) is 0 Å². The van der Waals surface area contributed by atoms with Crippen LogP contribution in [-0.2, 0) is 10.3 Å². The maximum absolute atomic E-state index is 11.7. The van der Waals surface area contributed by atoms with Gasteiger partial charge in [-0.25, -0.2) is 4.79 Å². The maximum atomic E-state index is 11.7. The zero-order valence-electron chi connectivity index (χ0n) is 11.3. The number of carboxylic acids is 1. The molecule has 1 aliphatic carbocycles. The van der Waals surface area contributed by atoms with Gasteiger partial charge in [-0.1, -0.05) is 40.0 Å². The number of halogens is 3. The lowest BCUT2D eigenvalue weighted by Crippen LogP contribution is -2.13. The molecule has 1 saturated carbocycles. The Kier molecular flexibility index (Phi) is 3.85. The van der Waals surface area contributed by atoms with E-state index in [0.29, 0.717) is 17.9 Å². The van der Waals surface area contributed by atoms with Gasteiger partial charge in [-0.2, -0.15) is 0 Å². The third kappa shape index (κ3) is 2.38. The summed E-state index contributed by atoms with van der Waals surface area (Å²) in [6, 6.07) is 2.93. The van der Waals surface area contributed by atoms with Crippen LogP contribution in [0.2, 0.25) is 15.1 Å². The minimum Gasteiger partial charge on any atom is -0.477 e. The summed E-state index contributed by atoms with van der Waals surface area (Å²) in [5.74, 6) is -1.00. The summed E-state index contributed by atoms with van der Waals surface area (Å²) < 4.78 is 10.6. The van der Waals surface area contributed by atoms with E-state index < -0.39 is 11.6 Å². The van der Waals surface area contributed by atoms with Crippen molar-refractivity contribution in [3.63, 3.8) is 0 Å². The molecule has 2 aromatic rings. The van der Waals surface area contributed by atoms with E-state index in [1.165, 1.54) is 19.2 Å². The highest BCUT2D eigenvalue weighted by Crippen LogP contribution is 2.52. The van der Waals surface area contributed by atoms with Crippen molar-refractivity contribution in [3.8, 4) is 11.3 Å². The SMILES string of the molecule is COC1(c2onc(-c3c(Cl)cc(Cl)cc3Cl)c2C(=O)O)CC1. The van der Waals surface area contributed by atoms with Gasteiger partial charge in [0.25, 0.3) is 0 Å². The van der Waals surface area contributed by atoms with Crippen LogP contribution in [0, 0.1) is 0 Å². The molecule has 1 aromatic carbocycles. The Hall–Kier alpha value is -1.27. The number of carbonyl (C=O) groups is 1. The fourth-order valence-corrected chi connectivity index (χ4v) is 3.37. The van der Waals surface area contributed by atoms with E-state index in [1.807, 2.05) is 0 Å². The molecular formula is C14H10Cl3NO4. The predicted octanol–water partition coefficient (Wildman–Crippen LogP) is 4.64. The Morgan fingerprint density at radius 2 is 1.91 bits per heavy atom. The van der Waals surface area contributed by atoms with E-state index in [4.69, 9.17) is 44.1 Å². The number of hydrogen-bond acceptors (Lipinski definition) is 4. The number of methoxy groups -OCH3 is 1. The van der Waals surface area contributed by atoms with Gasteiger partial charge in [0.05, 0.1) is 10.0 Å². The van der Waals surface area contributed by atoms with Crippen LogP contribution >= 0.6 is 34.8 Å². The number of carboxylic acid groups (broad SMARTS) is 1. The largest absolute Gasteiger partial charge is 0.477 e. The van der Waals surface area contributed by atoms with Gasteiger partial charge in [-0.05, 0) is 25.0 Å². The molecule has 0 spiro atoms. The Morgan fingerprint density at radius 3 is 2.36 bits per heavy atom. The van der Waals surface area contributed by atoms with Crippen molar-refractivity contribution < 1.29 is 19.2 Å². The molecule has 1 N–H and O–H groups in total. The molecule has 1 heterocycles. The standard InChI is InChI=1S/C14H10Cl3NO4/c1-21-14(2-3-14)12-10(13(19)20)11(18-22-12)9-7(16)4-6(15)5-8(9)17/h4-5H,2-3H2,1H3,(H,19,20). The fourth-order valence-electron chi connectivity index (χ4n) is 2.38. The van der Waals surface area contributed by atoms with Crippen LogP contribution in [0.1, 0.15) is 29.0 Å². The highest BCUT2D eigenvalue weighted by Gasteiger charge is 2.52. The van der Waals surface area contributed by atoms with Crippen molar-refractivity contribution >= 4 is 40.8 Å². The lowest BCUT2D eigenvalue weighted by Gasteiger charge is -2.10. The molecule has 0 atom stereocenters. The fraction of sp³-hybridized carbons (Fsp3) is 0.286. The van der Waals surface area contributed by atoms with Gasteiger partial charge < -0.3 is 14.4 Å². The summed E-state index contributed by atoms with van der Waals surface area (Å²) in [5.41, 5.74) is -0.486. The molecule has 0 amide bonds. The molecule has 1 aliphatic rings. The smallest absolute Gasteiger partial charge is 0.341 e. The number of aromatic nitrogens is 1. The van der Waals surface area contributed by atoms with E-state index in [-0.39, 0.29) is 32.6 Å². The summed E-state index contributed by atoms with van der Waals surface area (Å²) in [5, 5.41) is 14.2. The third-order valence-electron chi connectivity index (χ3n) is 3.66. The second kappa shape index (κ2) is 5.42. The van der Waals surface area contributed by atoms with Crippen LogP contribution in [0.15, 0.2) is 16.7 Å². The van der Waals surface area contributed by atoms with E-state index in [0.717, 1.165) is 0 Å². The van der Waals surface area contributed by atoms with Gasteiger partial charge in [-0.15, -0.1) is 0 Å². The monoisotopic (exact) mass is 361 g/mol. The van der Waals surface area contributed by atoms with E-state index in [2.05, 4.69) is 5.16 Å². The van der Waals surface area contributed by atoms with Crippen molar-refractivity contribution in [2.75, 3.05) is 7.11 Å². The van der Waals surface area contributed by atoms with Crippen LogP contribution in [0.4, 0.5) is 0 Å². The number of ether oxygens (including phenoxy) is 1. The summed E-state index contributed by atoms with van der Waals surface area (Å²) >= 11 is 18.2. The molecule has 0 radical (unpaired) electrons. The van der Waals surface area contributed by atoms with Crippen LogP contribution < -0.4 is 0 Å². The first kappa shape index (κ1) is 15.6. The maximum Gasteiger partial charge on any atom is 0.341 e. The molecule has 5 nitrogen and oxygen atoms in total. The van der Waals surface area contributed by atoms with E-state index >= 15 is 0 Å². The van der Waals surface area contributed by atoms with E-state index in [1.54, 1.807) is 0 Å². The molecule has 116 valence electrons. The number of benzene rings is 1. The first-order valence-electron chi connectivity index (χ1n) is 6.33. The Labute approximate surface area is 140 Å². The summed E-state index contributed by atoms with van der Waals surface area (Å²) in [7, 11) is 1.50. The van der Waals surface area contributed by atoms with Crippen molar-refractivity contribution in [2.45, 2.75) is 18.4 Å². The Balaban J connectivity index is 2.23. The molecule has 1 aromatic heterocycles. The van der Waals surface area contributed by atoms with Gasteiger partial charge in [0.2, 0.25) is 0 Å². The van der Waals surface area contributed by atoms with Crippen molar-refractivity contribution in [3.05, 3.63) is 38.5 Å². The second-order valence-corrected chi connectivity index (χ2v) is 6.23.